The Labute approximate surface area is 185 Å². The van der Waals surface area contributed by atoms with Gasteiger partial charge in [0.05, 0.1) is 9.95 Å². The van der Waals surface area contributed by atoms with Gasteiger partial charge in [-0.05, 0) is 48.4 Å². The van der Waals surface area contributed by atoms with Gasteiger partial charge in [0.15, 0.2) is 0 Å². The summed E-state index contributed by atoms with van der Waals surface area (Å²) in [7, 11) is -4.12. The van der Waals surface area contributed by atoms with Crippen LogP contribution < -0.4 is 4.72 Å². The predicted octanol–water partition coefficient (Wildman–Crippen LogP) is 5.95. The lowest BCUT2D eigenvalue weighted by molar-refractivity contribution is -0.385. The van der Waals surface area contributed by atoms with E-state index in [2.05, 4.69) is 25.5 Å². The number of anilines is 1. The summed E-state index contributed by atoms with van der Waals surface area (Å²) in [5, 5.41) is 11.8. The maximum Gasteiger partial charge on any atom is 0.270 e. The number of aryl methyl sites for hydroxylation is 1. The van der Waals surface area contributed by atoms with Gasteiger partial charge in [-0.2, -0.15) is 0 Å². The number of nitro benzene ring substituents is 1. The van der Waals surface area contributed by atoms with Gasteiger partial charge < -0.3 is 4.42 Å². The summed E-state index contributed by atoms with van der Waals surface area (Å²) < 4.78 is 34.3. The zero-order valence-electron chi connectivity index (χ0n) is 17.4. The van der Waals surface area contributed by atoms with Crippen molar-refractivity contribution in [2.45, 2.75) is 44.9 Å². The molecule has 9 heteroatoms. The molecule has 1 heterocycles. The molecule has 0 amide bonds. The fourth-order valence-corrected chi connectivity index (χ4v) is 5.67. The first kappa shape index (κ1) is 21.6. The van der Waals surface area contributed by atoms with Gasteiger partial charge in [-0.3, -0.25) is 14.8 Å². The second-order valence-corrected chi connectivity index (χ2v) is 11.1. The molecule has 0 fully saturated rings. The molecule has 1 N–H and O–H groups in total. The quantitative estimate of drug-likeness (QED) is 0.381. The minimum Gasteiger partial charge on any atom is -0.461 e. The van der Waals surface area contributed by atoms with Crippen molar-refractivity contribution in [3.63, 3.8) is 0 Å². The number of sulfonamides is 1. The van der Waals surface area contributed by atoms with Crippen molar-refractivity contribution in [2.24, 2.45) is 11.3 Å². The fourth-order valence-electron chi connectivity index (χ4n) is 4.10. The number of benzene rings is 2. The van der Waals surface area contributed by atoms with Gasteiger partial charge in [0.25, 0.3) is 15.7 Å². The van der Waals surface area contributed by atoms with Crippen LogP contribution in [0.4, 0.5) is 11.4 Å². The number of nitro groups is 1. The van der Waals surface area contributed by atoms with Crippen LogP contribution in [0.3, 0.4) is 0 Å². The van der Waals surface area contributed by atoms with Crippen molar-refractivity contribution < 1.29 is 17.8 Å². The highest BCUT2D eigenvalue weighted by molar-refractivity contribution is 7.92. The Bertz CT molecular complexity index is 1290. The van der Waals surface area contributed by atoms with E-state index in [0.29, 0.717) is 11.6 Å². The molecule has 0 saturated heterocycles. The van der Waals surface area contributed by atoms with Crippen molar-refractivity contribution in [2.75, 3.05) is 4.72 Å². The Morgan fingerprint density at radius 2 is 1.94 bits per heavy atom. The first-order valence-corrected chi connectivity index (χ1v) is 11.8. The second-order valence-electron chi connectivity index (χ2n) is 9.00. The molecule has 2 aromatic carbocycles. The average Bonchev–Trinajstić information content (AvgIpc) is 3.04. The van der Waals surface area contributed by atoms with E-state index in [-0.39, 0.29) is 21.0 Å². The predicted molar refractivity (Wildman–Crippen MR) is 120 cm³/mol. The number of non-ortho nitro benzene ring substituents is 1. The van der Waals surface area contributed by atoms with Gasteiger partial charge >= 0.3 is 0 Å². The first-order valence-electron chi connectivity index (χ1n) is 9.97. The van der Waals surface area contributed by atoms with Crippen LogP contribution in [0.25, 0.3) is 11.0 Å². The molecule has 0 spiro atoms. The molecule has 1 aliphatic carbocycles. The van der Waals surface area contributed by atoms with E-state index >= 15 is 0 Å². The van der Waals surface area contributed by atoms with Crippen LogP contribution in [0, 0.1) is 21.4 Å². The smallest absolute Gasteiger partial charge is 0.270 e. The first-order chi connectivity index (χ1) is 14.5. The van der Waals surface area contributed by atoms with E-state index < -0.39 is 14.9 Å². The van der Waals surface area contributed by atoms with Gasteiger partial charge in [0.2, 0.25) is 0 Å². The molecule has 0 bridgehead atoms. The normalized spacial score (nSPS) is 16.8. The van der Waals surface area contributed by atoms with Gasteiger partial charge in [0.1, 0.15) is 16.2 Å². The van der Waals surface area contributed by atoms with Crippen LogP contribution in [0.5, 0.6) is 0 Å². The van der Waals surface area contributed by atoms with E-state index in [9.17, 15) is 18.5 Å². The SMILES string of the molecule is CC(C)(C)[C@H]1CCc2oc3ccc(NS(=O)(=O)c4cc([N+](=O)[O-])ccc4Cl)cc3c2C1. The van der Waals surface area contributed by atoms with Crippen molar-refractivity contribution in [1.82, 2.24) is 0 Å². The maximum atomic E-state index is 12.9. The third-order valence-corrected chi connectivity index (χ3v) is 7.80. The molecule has 164 valence electrons. The van der Waals surface area contributed by atoms with Gasteiger partial charge in [-0.1, -0.05) is 32.4 Å². The minimum atomic E-state index is -4.12. The monoisotopic (exact) mass is 462 g/mol. The molecule has 4 rings (SSSR count). The lowest BCUT2D eigenvalue weighted by Gasteiger charge is -2.33. The standard InChI is InChI=1S/C22H23ClN2O5S/c1-22(2,3)13-4-8-19-16(10-13)17-11-14(5-9-20(17)30-19)24-31(28,29)21-12-15(25(26)27)6-7-18(21)23/h5-7,9,11-13,24H,4,8,10H2,1-3H3/t13-/m0/s1. The van der Waals surface area contributed by atoms with E-state index in [4.69, 9.17) is 16.0 Å². The topological polar surface area (TPSA) is 102 Å². The van der Waals surface area contributed by atoms with Gasteiger partial charge in [0, 0.05) is 35.2 Å². The number of rotatable bonds is 4. The molecule has 0 unspecified atom stereocenters. The van der Waals surface area contributed by atoms with E-state index in [0.717, 1.165) is 53.7 Å². The number of nitrogens with zero attached hydrogens (tertiary/aromatic N) is 1. The molecular weight excluding hydrogens is 440 g/mol. The Hall–Kier alpha value is -2.58. The highest BCUT2D eigenvalue weighted by Crippen LogP contribution is 2.41. The van der Waals surface area contributed by atoms with E-state index in [1.807, 2.05) is 0 Å². The number of halogens is 1. The molecule has 1 aromatic heterocycles. The Morgan fingerprint density at radius 1 is 1.19 bits per heavy atom. The summed E-state index contributed by atoms with van der Waals surface area (Å²) in [5.74, 6) is 1.46. The van der Waals surface area contributed by atoms with E-state index in [1.165, 1.54) is 6.07 Å². The lowest BCUT2D eigenvalue weighted by atomic mass is 9.71. The summed E-state index contributed by atoms with van der Waals surface area (Å²) in [5.41, 5.74) is 2.00. The highest BCUT2D eigenvalue weighted by Gasteiger charge is 2.32. The van der Waals surface area contributed by atoms with Crippen LogP contribution >= 0.6 is 11.6 Å². The van der Waals surface area contributed by atoms with Crippen LogP contribution in [-0.2, 0) is 22.9 Å². The third kappa shape index (κ3) is 4.14. The molecule has 1 aliphatic rings. The number of hydrogen-bond acceptors (Lipinski definition) is 5. The van der Waals surface area contributed by atoms with Crippen LogP contribution in [-0.4, -0.2) is 13.3 Å². The molecule has 0 radical (unpaired) electrons. The van der Waals surface area contributed by atoms with Crippen molar-refractivity contribution in [3.8, 4) is 0 Å². The maximum absolute atomic E-state index is 12.9. The van der Waals surface area contributed by atoms with Crippen molar-refractivity contribution in [1.29, 1.82) is 0 Å². The van der Waals surface area contributed by atoms with Crippen LogP contribution in [0.1, 0.15) is 38.5 Å². The summed E-state index contributed by atoms with van der Waals surface area (Å²) in [4.78, 5) is 10.0. The largest absolute Gasteiger partial charge is 0.461 e. The fraction of sp³-hybridized carbons (Fsp3) is 0.364. The summed E-state index contributed by atoms with van der Waals surface area (Å²) in [6.45, 7) is 6.69. The molecule has 7 nitrogen and oxygen atoms in total. The van der Waals surface area contributed by atoms with Crippen LogP contribution in [0.15, 0.2) is 45.7 Å². The highest BCUT2D eigenvalue weighted by atomic mass is 35.5. The molecule has 1 atom stereocenters. The number of fused-ring (bicyclic) bond motifs is 3. The summed E-state index contributed by atoms with van der Waals surface area (Å²) in [6.07, 6.45) is 2.79. The summed E-state index contributed by atoms with van der Waals surface area (Å²) in [6, 6.07) is 8.43. The molecular formula is C22H23ClN2O5S. The van der Waals surface area contributed by atoms with Crippen LogP contribution in [0.2, 0.25) is 5.02 Å². The molecule has 0 aliphatic heterocycles. The minimum absolute atomic E-state index is 0.0899. The van der Waals surface area contributed by atoms with Gasteiger partial charge in [-0.25, -0.2) is 8.42 Å². The Balaban J connectivity index is 1.70. The Morgan fingerprint density at radius 3 is 2.61 bits per heavy atom. The molecule has 3 aromatic rings. The Kier molecular flexibility index (Phi) is 5.26. The van der Waals surface area contributed by atoms with Gasteiger partial charge in [-0.15, -0.1) is 0 Å². The molecule has 0 saturated carbocycles. The zero-order chi connectivity index (χ0) is 22.6. The van der Waals surface area contributed by atoms with Crippen molar-refractivity contribution in [3.05, 3.63) is 62.9 Å². The number of hydrogen-bond donors (Lipinski definition) is 1. The third-order valence-electron chi connectivity index (χ3n) is 5.94. The number of nitrogens with one attached hydrogen (secondary N) is 1. The van der Waals surface area contributed by atoms with Crippen molar-refractivity contribution >= 4 is 44.0 Å². The lowest BCUT2D eigenvalue weighted by Crippen LogP contribution is -2.26. The summed E-state index contributed by atoms with van der Waals surface area (Å²) >= 11 is 6.03. The van der Waals surface area contributed by atoms with E-state index in [1.54, 1.807) is 18.2 Å². The molecule has 31 heavy (non-hydrogen) atoms. The average molecular weight is 463 g/mol. The zero-order valence-corrected chi connectivity index (χ0v) is 19.0. The number of furan rings is 1. The second kappa shape index (κ2) is 7.53.